The molecule has 23 heavy (non-hydrogen) atoms. The van der Waals surface area contributed by atoms with Gasteiger partial charge in [-0.2, -0.15) is 0 Å². The van der Waals surface area contributed by atoms with E-state index in [0.717, 1.165) is 58.4 Å². The van der Waals surface area contributed by atoms with Crippen molar-refractivity contribution >= 4 is 5.96 Å². The SMILES string of the molecule is CCNC(=NCC1(N2CCOCC2)CCCCC1)N1CCCC1. The van der Waals surface area contributed by atoms with Crippen molar-refractivity contribution in [1.29, 1.82) is 0 Å². The zero-order valence-electron chi connectivity index (χ0n) is 14.9. The average Bonchev–Trinajstić information content (AvgIpc) is 3.15. The maximum atomic E-state index is 5.58. The van der Waals surface area contributed by atoms with Gasteiger partial charge in [-0.3, -0.25) is 9.89 Å². The molecule has 132 valence electrons. The van der Waals surface area contributed by atoms with Crippen LogP contribution < -0.4 is 5.32 Å². The molecule has 2 heterocycles. The van der Waals surface area contributed by atoms with Crippen LogP contribution in [0.5, 0.6) is 0 Å². The topological polar surface area (TPSA) is 40.1 Å². The molecule has 3 rings (SSSR count). The van der Waals surface area contributed by atoms with Crippen LogP contribution in [0, 0.1) is 0 Å². The zero-order chi connectivity index (χ0) is 16.0. The minimum absolute atomic E-state index is 0.280. The predicted molar refractivity (Wildman–Crippen MR) is 95.0 cm³/mol. The molecule has 0 aromatic heterocycles. The van der Waals surface area contributed by atoms with Crippen LogP contribution in [0.1, 0.15) is 51.9 Å². The number of likely N-dealkylation sites (tertiary alicyclic amines) is 1. The van der Waals surface area contributed by atoms with Crippen molar-refractivity contribution in [2.75, 3.05) is 52.5 Å². The smallest absolute Gasteiger partial charge is 0.193 e. The summed E-state index contributed by atoms with van der Waals surface area (Å²) in [6.07, 6.45) is 9.31. The number of morpholine rings is 1. The fourth-order valence-corrected chi connectivity index (χ4v) is 4.40. The fourth-order valence-electron chi connectivity index (χ4n) is 4.40. The van der Waals surface area contributed by atoms with Crippen LogP contribution >= 0.6 is 0 Å². The Morgan fingerprint density at radius 3 is 2.35 bits per heavy atom. The van der Waals surface area contributed by atoms with E-state index in [-0.39, 0.29) is 5.54 Å². The Morgan fingerprint density at radius 2 is 1.70 bits per heavy atom. The lowest BCUT2D eigenvalue weighted by molar-refractivity contribution is -0.0334. The highest BCUT2D eigenvalue weighted by Gasteiger charge is 2.38. The van der Waals surface area contributed by atoms with Crippen LogP contribution in [0.25, 0.3) is 0 Å². The zero-order valence-corrected chi connectivity index (χ0v) is 14.9. The molecule has 0 radical (unpaired) electrons. The van der Waals surface area contributed by atoms with Gasteiger partial charge in [-0.1, -0.05) is 19.3 Å². The monoisotopic (exact) mass is 322 g/mol. The van der Waals surface area contributed by atoms with Crippen molar-refractivity contribution in [2.24, 2.45) is 4.99 Å². The Labute approximate surface area is 141 Å². The summed E-state index contributed by atoms with van der Waals surface area (Å²) in [6, 6.07) is 0. The van der Waals surface area contributed by atoms with Gasteiger partial charge in [-0.25, -0.2) is 0 Å². The van der Waals surface area contributed by atoms with Crippen molar-refractivity contribution in [2.45, 2.75) is 57.4 Å². The summed E-state index contributed by atoms with van der Waals surface area (Å²) in [5.74, 6) is 1.14. The highest BCUT2D eigenvalue weighted by molar-refractivity contribution is 5.80. The lowest BCUT2D eigenvalue weighted by Gasteiger charge is -2.47. The minimum Gasteiger partial charge on any atom is -0.379 e. The first kappa shape index (κ1) is 17.0. The number of nitrogens with zero attached hydrogens (tertiary/aromatic N) is 3. The molecule has 0 aromatic carbocycles. The molecule has 0 atom stereocenters. The van der Waals surface area contributed by atoms with Crippen LogP contribution in [0.3, 0.4) is 0 Å². The lowest BCUT2D eigenvalue weighted by atomic mass is 9.80. The van der Waals surface area contributed by atoms with Gasteiger partial charge in [0.25, 0.3) is 0 Å². The summed E-state index contributed by atoms with van der Waals surface area (Å²) in [5.41, 5.74) is 0.280. The largest absolute Gasteiger partial charge is 0.379 e. The van der Waals surface area contributed by atoms with Crippen LogP contribution in [0.15, 0.2) is 4.99 Å². The highest BCUT2D eigenvalue weighted by Crippen LogP contribution is 2.34. The van der Waals surface area contributed by atoms with Crippen molar-refractivity contribution in [1.82, 2.24) is 15.1 Å². The Kier molecular flexibility index (Phi) is 6.17. The number of hydrogen-bond acceptors (Lipinski definition) is 3. The number of ether oxygens (including phenoxy) is 1. The minimum atomic E-state index is 0.280. The molecule has 0 amide bonds. The second-order valence-corrected chi connectivity index (χ2v) is 7.25. The predicted octanol–water partition coefficient (Wildman–Crippen LogP) is 2.08. The molecule has 5 heteroatoms. The fraction of sp³-hybridized carbons (Fsp3) is 0.944. The highest BCUT2D eigenvalue weighted by atomic mass is 16.5. The van der Waals surface area contributed by atoms with Gasteiger partial charge in [-0.15, -0.1) is 0 Å². The molecular formula is C18H34N4O. The van der Waals surface area contributed by atoms with E-state index in [9.17, 15) is 0 Å². The first-order valence-electron chi connectivity index (χ1n) is 9.70. The summed E-state index contributed by atoms with van der Waals surface area (Å²) < 4.78 is 5.58. The van der Waals surface area contributed by atoms with Gasteiger partial charge in [0.15, 0.2) is 5.96 Å². The summed E-state index contributed by atoms with van der Waals surface area (Å²) in [6.45, 7) is 10.3. The van der Waals surface area contributed by atoms with Gasteiger partial charge in [-0.05, 0) is 32.6 Å². The van der Waals surface area contributed by atoms with E-state index in [1.807, 2.05) is 0 Å². The van der Waals surface area contributed by atoms with Crippen molar-refractivity contribution in [3.63, 3.8) is 0 Å². The second kappa shape index (κ2) is 8.34. The molecule has 3 fully saturated rings. The summed E-state index contributed by atoms with van der Waals surface area (Å²) in [5, 5.41) is 3.52. The molecule has 1 aliphatic carbocycles. The molecule has 1 saturated carbocycles. The molecule has 3 aliphatic rings. The van der Waals surface area contributed by atoms with E-state index in [0.29, 0.717) is 0 Å². The van der Waals surface area contributed by atoms with Gasteiger partial charge in [0.2, 0.25) is 0 Å². The molecule has 0 unspecified atom stereocenters. The normalized spacial score (nSPS) is 26.5. The van der Waals surface area contributed by atoms with E-state index in [2.05, 4.69) is 22.0 Å². The Morgan fingerprint density at radius 1 is 1.00 bits per heavy atom. The summed E-state index contributed by atoms with van der Waals surface area (Å²) in [4.78, 5) is 10.2. The number of rotatable bonds is 4. The second-order valence-electron chi connectivity index (χ2n) is 7.25. The van der Waals surface area contributed by atoms with E-state index in [1.54, 1.807) is 0 Å². The van der Waals surface area contributed by atoms with Gasteiger partial charge >= 0.3 is 0 Å². The first-order valence-corrected chi connectivity index (χ1v) is 9.70. The van der Waals surface area contributed by atoms with Crippen LogP contribution in [0.2, 0.25) is 0 Å². The third kappa shape index (κ3) is 4.18. The maximum Gasteiger partial charge on any atom is 0.193 e. The number of hydrogen-bond donors (Lipinski definition) is 1. The Balaban J connectivity index is 1.72. The van der Waals surface area contributed by atoms with Gasteiger partial charge in [0.1, 0.15) is 0 Å². The van der Waals surface area contributed by atoms with E-state index in [4.69, 9.17) is 9.73 Å². The van der Waals surface area contributed by atoms with Gasteiger partial charge in [0.05, 0.1) is 19.8 Å². The van der Waals surface area contributed by atoms with Crippen LogP contribution in [-0.4, -0.2) is 73.8 Å². The Hall–Kier alpha value is -0.810. The van der Waals surface area contributed by atoms with E-state index in [1.165, 1.54) is 44.9 Å². The molecular weight excluding hydrogens is 288 g/mol. The van der Waals surface area contributed by atoms with Crippen molar-refractivity contribution < 1.29 is 4.74 Å². The maximum absolute atomic E-state index is 5.58. The number of nitrogens with one attached hydrogen (secondary N) is 1. The summed E-state index contributed by atoms with van der Waals surface area (Å²) >= 11 is 0. The molecule has 2 aliphatic heterocycles. The first-order chi connectivity index (χ1) is 11.3. The van der Waals surface area contributed by atoms with Gasteiger partial charge < -0.3 is 15.0 Å². The standard InChI is InChI=1S/C18H34N4O/c1-2-19-17(21-10-6-7-11-21)20-16-18(8-4-3-5-9-18)22-12-14-23-15-13-22/h2-16H2,1H3,(H,19,20). The average molecular weight is 322 g/mol. The lowest BCUT2D eigenvalue weighted by Crippen LogP contribution is -2.56. The molecule has 0 aromatic rings. The van der Waals surface area contributed by atoms with Crippen LogP contribution in [-0.2, 0) is 4.74 Å². The molecule has 2 saturated heterocycles. The number of aliphatic imine (C=N–C) groups is 1. The molecule has 1 N–H and O–H groups in total. The third-order valence-electron chi connectivity index (χ3n) is 5.73. The van der Waals surface area contributed by atoms with Gasteiger partial charge in [0, 0.05) is 38.3 Å². The van der Waals surface area contributed by atoms with E-state index >= 15 is 0 Å². The van der Waals surface area contributed by atoms with Crippen molar-refractivity contribution in [3.05, 3.63) is 0 Å². The quantitative estimate of drug-likeness (QED) is 0.635. The Bertz CT molecular complexity index is 380. The third-order valence-corrected chi connectivity index (χ3v) is 5.73. The van der Waals surface area contributed by atoms with Crippen molar-refractivity contribution in [3.8, 4) is 0 Å². The summed E-state index contributed by atoms with van der Waals surface area (Å²) in [7, 11) is 0. The number of guanidine groups is 1. The molecule has 0 bridgehead atoms. The van der Waals surface area contributed by atoms with Crippen LogP contribution in [0.4, 0.5) is 0 Å². The molecule has 5 nitrogen and oxygen atoms in total. The molecule has 0 spiro atoms. The van der Waals surface area contributed by atoms with E-state index < -0.39 is 0 Å².